The molecule has 0 heterocycles. The molecule has 0 aromatic heterocycles. The maximum Gasteiger partial charge on any atom is 0.390 e. The van der Waals surface area contributed by atoms with E-state index in [4.69, 9.17) is 16.3 Å². The predicted molar refractivity (Wildman–Crippen MR) is 83.2 cm³/mol. The lowest BCUT2D eigenvalue weighted by Crippen LogP contribution is -2.39. The van der Waals surface area contributed by atoms with Gasteiger partial charge >= 0.3 is 6.18 Å². The van der Waals surface area contributed by atoms with Gasteiger partial charge in [-0.15, -0.1) is 0 Å². The quantitative estimate of drug-likeness (QED) is 0.730. The second-order valence-corrected chi connectivity index (χ2v) is 8.25. The number of rotatable bonds is 6. The van der Waals surface area contributed by atoms with Crippen molar-refractivity contribution in [3.05, 3.63) is 21.6 Å². The van der Waals surface area contributed by atoms with Crippen LogP contribution in [0.4, 0.5) is 13.2 Å². The van der Waals surface area contributed by atoms with Crippen molar-refractivity contribution >= 4 is 37.6 Å². The Balaban J connectivity index is 2.29. The average molecular weight is 437 g/mol. The number of methoxy groups -OCH3 is 1. The van der Waals surface area contributed by atoms with E-state index in [1.54, 1.807) is 0 Å². The zero-order chi connectivity index (χ0) is 17.4. The molecule has 1 atom stereocenters. The molecule has 4 nitrogen and oxygen atoms in total. The van der Waals surface area contributed by atoms with Gasteiger partial charge in [0.2, 0.25) is 10.0 Å². The minimum absolute atomic E-state index is 0.0508. The van der Waals surface area contributed by atoms with E-state index in [0.29, 0.717) is 12.8 Å². The van der Waals surface area contributed by atoms with E-state index in [0.717, 1.165) is 6.07 Å². The van der Waals surface area contributed by atoms with Crippen LogP contribution in [0, 0.1) is 5.92 Å². The van der Waals surface area contributed by atoms with Crippen LogP contribution in [-0.4, -0.2) is 27.7 Å². The number of sulfonamides is 1. The van der Waals surface area contributed by atoms with Gasteiger partial charge in [0, 0.05) is 10.5 Å². The smallest absolute Gasteiger partial charge is 0.390 e. The lowest BCUT2D eigenvalue weighted by molar-refractivity contribution is -0.140. The lowest BCUT2D eigenvalue weighted by atomic mass is 10.1. The Morgan fingerprint density at radius 1 is 1.43 bits per heavy atom. The van der Waals surface area contributed by atoms with Crippen molar-refractivity contribution in [2.75, 3.05) is 7.11 Å². The molecule has 1 aromatic rings. The molecule has 0 saturated heterocycles. The maximum atomic E-state index is 12.6. The Kier molecular flexibility index (Phi) is 5.55. The second-order valence-electron chi connectivity index (χ2n) is 5.30. The maximum absolute atomic E-state index is 12.6. The molecule has 1 saturated carbocycles. The summed E-state index contributed by atoms with van der Waals surface area (Å²) in [5, 5.41) is 0.0508. The highest BCUT2D eigenvalue weighted by Gasteiger charge is 2.42. The molecule has 1 aromatic carbocycles. The first-order valence-corrected chi connectivity index (χ1v) is 9.31. The average Bonchev–Trinajstić information content (AvgIpc) is 3.22. The molecule has 0 spiro atoms. The first kappa shape index (κ1) is 18.8. The van der Waals surface area contributed by atoms with Crippen molar-refractivity contribution < 1.29 is 26.3 Å². The molecule has 2 rings (SSSR count). The van der Waals surface area contributed by atoms with E-state index in [9.17, 15) is 21.6 Å². The fraction of sp³-hybridized carbons (Fsp3) is 0.538. The topological polar surface area (TPSA) is 55.4 Å². The van der Waals surface area contributed by atoms with Crippen molar-refractivity contribution in [3.8, 4) is 5.75 Å². The standard InChI is InChI=1S/C13H14BrClF3NO3S/c1-22-11-4-8(14)12(5-9(11)15)23(20,21)19-10(7-2-3-7)6-13(16,17)18/h4-5,7,10,19H,2-3,6H2,1H3. The number of alkyl halides is 3. The van der Waals surface area contributed by atoms with Gasteiger partial charge in [-0.3, -0.25) is 0 Å². The third kappa shape index (κ3) is 4.98. The number of benzene rings is 1. The summed E-state index contributed by atoms with van der Waals surface area (Å²) in [4.78, 5) is -0.226. The van der Waals surface area contributed by atoms with Gasteiger partial charge in [-0.1, -0.05) is 11.6 Å². The zero-order valence-corrected chi connectivity index (χ0v) is 15.1. The molecular formula is C13H14BrClF3NO3S. The summed E-state index contributed by atoms with van der Waals surface area (Å²) in [6.45, 7) is 0. The van der Waals surface area contributed by atoms with Gasteiger partial charge in [-0.2, -0.15) is 13.2 Å². The van der Waals surface area contributed by atoms with Gasteiger partial charge in [0.15, 0.2) is 0 Å². The predicted octanol–water partition coefficient (Wildman–Crippen LogP) is 4.12. The Bertz CT molecular complexity index is 692. The van der Waals surface area contributed by atoms with Gasteiger partial charge in [0.05, 0.1) is 23.4 Å². The number of ether oxygens (including phenoxy) is 1. The molecule has 130 valence electrons. The third-order valence-electron chi connectivity index (χ3n) is 3.44. The van der Waals surface area contributed by atoms with E-state index < -0.39 is 28.7 Å². The van der Waals surface area contributed by atoms with Gasteiger partial charge in [0.25, 0.3) is 0 Å². The van der Waals surface area contributed by atoms with Gasteiger partial charge < -0.3 is 4.74 Å². The van der Waals surface area contributed by atoms with Crippen LogP contribution >= 0.6 is 27.5 Å². The Hall–Kier alpha value is -0.510. The fourth-order valence-electron chi connectivity index (χ4n) is 2.19. The van der Waals surface area contributed by atoms with Crippen LogP contribution in [0.5, 0.6) is 5.75 Å². The summed E-state index contributed by atoms with van der Waals surface area (Å²) in [5.41, 5.74) is 0. The summed E-state index contributed by atoms with van der Waals surface area (Å²) in [6.07, 6.45) is -4.48. The van der Waals surface area contributed by atoms with Crippen LogP contribution in [-0.2, 0) is 10.0 Å². The molecule has 0 bridgehead atoms. The highest BCUT2D eigenvalue weighted by molar-refractivity contribution is 9.10. The first-order chi connectivity index (χ1) is 10.5. The number of nitrogens with one attached hydrogen (secondary N) is 1. The first-order valence-electron chi connectivity index (χ1n) is 6.65. The molecule has 0 amide bonds. The summed E-state index contributed by atoms with van der Waals surface area (Å²) in [6, 6.07) is 1.32. The molecule has 0 radical (unpaired) electrons. The van der Waals surface area contributed by atoms with Crippen LogP contribution in [0.3, 0.4) is 0 Å². The second kappa shape index (κ2) is 6.78. The Labute approximate surface area is 145 Å². The van der Waals surface area contributed by atoms with Crippen LogP contribution < -0.4 is 9.46 Å². The van der Waals surface area contributed by atoms with Gasteiger partial charge in [-0.05, 0) is 46.8 Å². The Morgan fingerprint density at radius 2 is 2.04 bits per heavy atom. The SMILES string of the molecule is COc1cc(Br)c(S(=O)(=O)NC(CC(F)(F)F)C2CC2)cc1Cl. The molecule has 1 aliphatic rings. The van der Waals surface area contributed by atoms with Crippen LogP contribution in [0.1, 0.15) is 19.3 Å². The minimum atomic E-state index is -4.44. The van der Waals surface area contributed by atoms with Crippen LogP contribution in [0.15, 0.2) is 21.5 Å². The summed E-state index contributed by atoms with van der Waals surface area (Å²) in [7, 11) is -2.78. The summed E-state index contributed by atoms with van der Waals surface area (Å²) in [5.74, 6) is -0.0366. The van der Waals surface area contributed by atoms with Crippen LogP contribution in [0.25, 0.3) is 0 Å². The number of halogens is 5. The van der Waals surface area contributed by atoms with Gasteiger partial charge in [0.1, 0.15) is 5.75 Å². The molecule has 1 N–H and O–H groups in total. The summed E-state index contributed by atoms with van der Waals surface area (Å²) >= 11 is 8.99. The zero-order valence-electron chi connectivity index (χ0n) is 12.0. The van der Waals surface area contributed by atoms with E-state index >= 15 is 0 Å². The minimum Gasteiger partial charge on any atom is -0.495 e. The molecular weight excluding hydrogens is 423 g/mol. The number of hydrogen-bond acceptors (Lipinski definition) is 3. The van der Waals surface area contributed by atoms with Crippen molar-refractivity contribution in [1.29, 1.82) is 0 Å². The lowest BCUT2D eigenvalue weighted by Gasteiger charge is -2.20. The normalized spacial score (nSPS) is 17.1. The van der Waals surface area contributed by atoms with Crippen LogP contribution in [0.2, 0.25) is 5.02 Å². The molecule has 1 aliphatic carbocycles. The number of hydrogen-bond donors (Lipinski definition) is 1. The molecule has 1 fully saturated rings. The van der Waals surface area contributed by atoms with E-state index in [1.165, 1.54) is 13.2 Å². The molecule has 1 unspecified atom stereocenters. The molecule has 23 heavy (non-hydrogen) atoms. The van der Waals surface area contributed by atoms with Crippen molar-refractivity contribution in [3.63, 3.8) is 0 Å². The van der Waals surface area contributed by atoms with E-state index in [2.05, 4.69) is 20.7 Å². The highest BCUT2D eigenvalue weighted by atomic mass is 79.9. The highest BCUT2D eigenvalue weighted by Crippen LogP contribution is 2.39. The Morgan fingerprint density at radius 3 is 2.52 bits per heavy atom. The molecule has 10 heteroatoms. The molecule has 0 aliphatic heterocycles. The monoisotopic (exact) mass is 435 g/mol. The van der Waals surface area contributed by atoms with Crippen molar-refractivity contribution in [2.24, 2.45) is 5.92 Å². The van der Waals surface area contributed by atoms with Crippen molar-refractivity contribution in [2.45, 2.75) is 36.4 Å². The fourth-order valence-corrected chi connectivity index (χ4v) is 4.85. The van der Waals surface area contributed by atoms with Crippen molar-refractivity contribution in [1.82, 2.24) is 4.72 Å². The van der Waals surface area contributed by atoms with Gasteiger partial charge in [-0.25, -0.2) is 13.1 Å². The van der Waals surface area contributed by atoms with E-state index in [-0.39, 0.29) is 26.1 Å². The van der Waals surface area contributed by atoms with E-state index in [1.807, 2.05) is 0 Å². The summed E-state index contributed by atoms with van der Waals surface area (Å²) < 4.78 is 70.0. The third-order valence-corrected chi connectivity index (χ3v) is 6.19. The largest absolute Gasteiger partial charge is 0.495 e.